The number of aromatic nitrogens is 6. The summed E-state index contributed by atoms with van der Waals surface area (Å²) in [5.41, 5.74) is 11.0. The number of carbonyl (C=O) groups is 5. The second-order valence-electron chi connectivity index (χ2n) is 26.2. The van der Waals surface area contributed by atoms with Gasteiger partial charge < -0.3 is 73.4 Å². The Kier molecular flexibility index (Phi) is 33.3. The summed E-state index contributed by atoms with van der Waals surface area (Å²) in [6.45, 7) is 10.2. The van der Waals surface area contributed by atoms with E-state index in [2.05, 4.69) is 115 Å². The average Bonchev–Trinajstić information content (AvgIpc) is 1.61. The fourth-order valence-electron chi connectivity index (χ4n) is 11.8. The number of aliphatic hydroxyl groups is 1. The van der Waals surface area contributed by atoms with E-state index in [9.17, 15) is 39.3 Å². The molecule has 7 heterocycles. The molecule has 3 aromatic heterocycles. The normalized spacial score (nSPS) is 12.0. The monoisotopic (exact) mass is 2090 g/mol. The van der Waals surface area contributed by atoms with Crippen molar-refractivity contribution in [3.05, 3.63) is 224 Å². The number of ketones is 1. The van der Waals surface area contributed by atoms with E-state index in [0.29, 0.717) is 178 Å². The van der Waals surface area contributed by atoms with Gasteiger partial charge in [-0.2, -0.15) is 15.3 Å². The van der Waals surface area contributed by atoms with Gasteiger partial charge in [-0.25, -0.2) is 33.2 Å². The van der Waals surface area contributed by atoms with Crippen LogP contribution < -0.4 is 54.5 Å². The molecular weight excluding hydrogens is 2030 g/mol. The van der Waals surface area contributed by atoms with Crippen LogP contribution in [0.2, 0.25) is 40.2 Å². The van der Waals surface area contributed by atoms with Crippen LogP contribution in [0.4, 0.5) is 5.69 Å². The fourth-order valence-corrected chi connectivity index (χ4v) is 15.9. The molecule has 27 nitrogen and oxygen atoms in total. The molecule has 15 rings (SSSR count). The number of aromatic carboxylic acids is 2. The Morgan fingerprint density at radius 1 is 0.455 bits per heavy atom. The van der Waals surface area contributed by atoms with Crippen LogP contribution in [-0.4, -0.2) is 135 Å². The number of carboxylic acids is 2. The maximum absolute atomic E-state index is 12.5. The minimum Gasteiger partial charge on any atom is -0.507 e. The number of anilines is 1. The van der Waals surface area contributed by atoms with Gasteiger partial charge in [0.15, 0.2) is 17.1 Å². The van der Waals surface area contributed by atoms with Crippen molar-refractivity contribution in [1.82, 2.24) is 34.7 Å². The number of nitrogens with one attached hydrogen (secondary N) is 2. The zero-order valence-corrected chi connectivity index (χ0v) is 78.2. The second kappa shape index (κ2) is 42.0. The molecule has 40 heteroatoms. The third-order valence-electron chi connectivity index (χ3n) is 17.4. The zero-order valence-electron chi connectivity index (χ0n) is 65.0. The highest BCUT2D eigenvalue weighted by Crippen LogP contribution is 2.50. The first kappa shape index (κ1) is 96.0. The minimum absolute atomic E-state index is 0. The van der Waals surface area contributed by atoms with Gasteiger partial charge in [-0.1, -0.05) is 92.8 Å². The average molecular weight is 2100 g/mol. The van der Waals surface area contributed by atoms with Crippen molar-refractivity contribution in [2.45, 2.75) is 60.0 Å². The first-order valence-electron chi connectivity index (χ1n) is 35.1. The highest BCUT2D eigenvalue weighted by atomic mass is 79.9. The molecular formula is C81H70Br4Cl9N9O18. The molecule has 4 aliphatic rings. The molecule has 4 aliphatic heterocycles. The highest BCUT2D eigenvalue weighted by Gasteiger charge is 2.36. The first-order chi connectivity index (χ1) is 57.0. The van der Waals surface area contributed by atoms with E-state index in [4.69, 9.17) is 141 Å². The molecule has 0 radical (unpaired) electrons. The molecule has 0 spiro atoms. The Labute approximate surface area is 772 Å². The van der Waals surface area contributed by atoms with Crippen LogP contribution >= 0.6 is 169 Å². The summed E-state index contributed by atoms with van der Waals surface area (Å²) in [6.07, 6.45) is 0. The molecule has 0 fully saturated rings. The molecule has 11 aromatic rings. The zero-order chi connectivity index (χ0) is 87.6. The Morgan fingerprint density at radius 2 is 0.736 bits per heavy atom. The number of aliphatic hydroxyl groups excluding tert-OH is 1. The van der Waals surface area contributed by atoms with Gasteiger partial charge >= 0.3 is 23.9 Å². The molecule has 7 N–H and O–H groups in total. The second-order valence-corrected chi connectivity index (χ2v) is 33.2. The lowest BCUT2D eigenvalue weighted by Crippen LogP contribution is -2.31. The van der Waals surface area contributed by atoms with Crippen LogP contribution in [0.15, 0.2) is 145 Å². The number of hydrogen-bond donors (Lipinski definition) is 6. The van der Waals surface area contributed by atoms with Gasteiger partial charge in [0, 0.05) is 86.7 Å². The number of carbonyl (C=O) groups excluding carboxylic acids is 3. The van der Waals surface area contributed by atoms with Gasteiger partial charge in [0.05, 0.1) is 127 Å². The van der Waals surface area contributed by atoms with Crippen molar-refractivity contribution in [2.75, 3.05) is 60.7 Å². The van der Waals surface area contributed by atoms with Crippen molar-refractivity contribution < 1.29 is 86.7 Å². The summed E-state index contributed by atoms with van der Waals surface area (Å²) in [5.74, 6) is 4.58. The smallest absolute Gasteiger partial charge is 0.379 e. The maximum Gasteiger partial charge on any atom is 0.379 e. The predicted molar refractivity (Wildman–Crippen MR) is 480 cm³/mol. The summed E-state index contributed by atoms with van der Waals surface area (Å²) in [6, 6.07) is 33.9. The van der Waals surface area contributed by atoms with Gasteiger partial charge in [-0.05, 0) is 202 Å². The Hall–Kier alpha value is -8.87. The van der Waals surface area contributed by atoms with E-state index in [0.717, 1.165) is 10.0 Å². The van der Waals surface area contributed by atoms with E-state index in [-0.39, 0.29) is 80.5 Å². The van der Waals surface area contributed by atoms with Crippen LogP contribution in [0.1, 0.15) is 88.3 Å². The molecule has 0 bridgehead atoms. The lowest BCUT2D eigenvalue weighted by molar-refractivity contribution is -0.152. The number of ether oxygens (including phenoxy) is 10. The quantitative estimate of drug-likeness (QED) is 0.0240. The maximum atomic E-state index is 12.5. The number of rotatable bonds is 15. The highest BCUT2D eigenvalue weighted by molar-refractivity contribution is 9.11. The van der Waals surface area contributed by atoms with Crippen LogP contribution in [0.5, 0.6) is 46.0 Å². The third-order valence-corrected chi connectivity index (χ3v) is 21.6. The van der Waals surface area contributed by atoms with Gasteiger partial charge in [0.1, 0.15) is 78.2 Å². The summed E-state index contributed by atoms with van der Waals surface area (Å²) >= 11 is 61.9. The molecule has 121 heavy (non-hydrogen) atoms. The molecule has 638 valence electrons. The van der Waals surface area contributed by atoms with Gasteiger partial charge in [-0.3, -0.25) is 10.6 Å². The van der Waals surface area contributed by atoms with Crippen molar-refractivity contribution in [1.29, 1.82) is 0 Å². The molecule has 0 atom stereocenters. The summed E-state index contributed by atoms with van der Waals surface area (Å²) < 4.78 is 61.2. The molecule has 0 aliphatic carbocycles. The fraction of sp³-hybridized carbons (Fsp3) is 0.210. The molecule has 0 amide bonds. The molecule has 0 unspecified atom stereocenters. The summed E-state index contributed by atoms with van der Waals surface area (Å²) in [7, 11) is 8.15. The first-order valence-corrected chi connectivity index (χ1v) is 41.3. The van der Waals surface area contributed by atoms with Crippen LogP contribution in [-0.2, 0) is 38.9 Å². The van der Waals surface area contributed by atoms with Crippen molar-refractivity contribution >= 4 is 210 Å². The standard InChI is InChI=1S/C20H15BrCl2N2O4.2C18H11BrCl2N2O4.C14H13BrO6.C6H6Cl2N2.C5H13N.ClH/c1-3-28-20(26)18-14-9-29-16-8-17(27-2)15(21)7-13(16)19(14)25(24-18)12-5-10(22)4-11(23)6-12;2*1-26-15-6-14-11(5-13(15)19)17-12(7-27-14)16(18(24)25)22-23(17)10-3-8(20)2-9(21)4-10;1-3-20-14(18)13(17)8-6-21-10-5-11(19-2)9(15)4-7(10)12(8)16;7-4-1-5(8)3-6(2-4)10-9;1-5(2,3)6-4;/h4-8H,3,9H2,1-2H3;2*2-6H,7H2,1H3,(H,24,25);4-5,16H,3,6H2,1-2H3;1-3,10H,9H2;6H,1-4H3;1H. The molecule has 8 aromatic carbocycles. The number of benzene rings is 8. The lowest BCUT2D eigenvalue weighted by atomic mass is 10.0. The number of Topliss-reactive ketones (excluding diaryl/α,β-unsaturated/α-hetero) is 1. The number of fused-ring (bicyclic) bond motifs is 10. The molecule has 0 saturated heterocycles. The number of nitrogens with zero attached hydrogens (tertiary/aromatic N) is 6. The number of nitrogen functional groups attached to an aromatic ring is 1. The minimum atomic E-state index is -1.14. The van der Waals surface area contributed by atoms with E-state index >= 15 is 0 Å². The number of methoxy groups -OCH3 is 4. The van der Waals surface area contributed by atoms with E-state index in [1.807, 2.05) is 25.2 Å². The van der Waals surface area contributed by atoms with Crippen molar-refractivity contribution in [3.63, 3.8) is 0 Å². The number of hydrogen-bond acceptors (Lipinski definition) is 22. The summed E-state index contributed by atoms with van der Waals surface area (Å²) in [5, 5.41) is 49.3. The topological polar surface area (TPSA) is 342 Å². The number of hydrazine groups is 1. The molecule has 0 saturated carbocycles. The number of nitrogens with two attached hydrogens (primary N) is 1. The van der Waals surface area contributed by atoms with Gasteiger partial charge in [0.2, 0.25) is 0 Å². The predicted octanol–water partition coefficient (Wildman–Crippen LogP) is 22.1. The number of esters is 2. The van der Waals surface area contributed by atoms with Gasteiger partial charge in [-0.15, -0.1) is 12.4 Å². The third kappa shape index (κ3) is 22.6. The van der Waals surface area contributed by atoms with E-state index in [1.165, 1.54) is 16.5 Å². The Morgan fingerprint density at radius 3 is 1.02 bits per heavy atom. The van der Waals surface area contributed by atoms with Crippen molar-refractivity contribution in [3.8, 4) is 96.8 Å². The van der Waals surface area contributed by atoms with Crippen LogP contribution in [0, 0.1) is 0 Å². The lowest BCUT2D eigenvalue weighted by Gasteiger charge is -2.21. The Balaban J connectivity index is 0.000000173. The largest absolute Gasteiger partial charge is 0.507 e. The van der Waals surface area contributed by atoms with Crippen LogP contribution in [0.25, 0.3) is 56.6 Å². The summed E-state index contributed by atoms with van der Waals surface area (Å²) in [4.78, 5) is 59.3. The number of halogens is 13. The van der Waals surface area contributed by atoms with Crippen molar-refractivity contribution in [2.24, 2.45) is 5.84 Å². The van der Waals surface area contributed by atoms with E-state index < -0.39 is 29.7 Å². The van der Waals surface area contributed by atoms with Crippen LogP contribution in [0.3, 0.4) is 0 Å². The number of carboxylic acid groups (broad SMARTS) is 2. The SMILES string of the molecule is CCOC(=O)C(=O)C1=C(O)c2cc(Br)c(OC)cc2OC1.CCOC(=O)c1nn(-c2cc(Cl)cc(Cl)c2)c2c1COc1cc(OC)c(Br)cc1-2.CNC(C)(C)C.COc1cc2c(cc1Br)-c1c(c(C(=O)O)nn1-c1cc(Cl)cc(Cl)c1)CO2.COc1cc2c(cc1Br)-c1c(c(C(=O)O)nn1-c1cc(Cl)cc(Cl)c1)CO2.Cl.NNc1cc(Cl)cc(Cl)c1. The Bertz CT molecular complexity index is 5610. The van der Waals surface area contributed by atoms with E-state index in [1.54, 1.807) is 143 Å². The van der Waals surface area contributed by atoms with Gasteiger partial charge in [0.25, 0.3) is 5.78 Å².